The number of benzene rings is 1. The number of aryl methyl sites for hydroxylation is 1. The Morgan fingerprint density at radius 2 is 2.22 bits per heavy atom. The summed E-state index contributed by atoms with van der Waals surface area (Å²) in [7, 11) is 4.04. The standard InChI is InChI=1S/C15H24NOS/c1-4-5-6-13-7-8-15-14(11-13)12-16(2)9-10-18(15)17-3/h7-8,11H,4-6,9-10,12H2,1-3H3/q+1. The van der Waals surface area contributed by atoms with Gasteiger partial charge in [-0.25, -0.2) is 0 Å². The molecule has 1 atom stereocenters. The molecule has 0 bridgehead atoms. The molecule has 2 nitrogen and oxygen atoms in total. The first-order valence-electron chi connectivity index (χ1n) is 6.80. The molecule has 1 aliphatic rings. The van der Waals surface area contributed by atoms with Crippen molar-refractivity contribution in [3.05, 3.63) is 29.3 Å². The molecule has 3 heteroatoms. The van der Waals surface area contributed by atoms with E-state index in [2.05, 4.69) is 37.1 Å². The maximum absolute atomic E-state index is 5.67. The molecule has 1 aliphatic heterocycles. The highest BCUT2D eigenvalue weighted by Crippen LogP contribution is 2.26. The highest BCUT2D eigenvalue weighted by Gasteiger charge is 2.30. The van der Waals surface area contributed by atoms with E-state index in [1.807, 2.05) is 7.11 Å². The van der Waals surface area contributed by atoms with Crippen LogP contribution in [0.2, 0.25) is 0 Å². The van der Waals surface area contributed by atoms with Crippen LogP contribution in [0.4, 0.5) is 0 Å². The van der Waals surface area contributed by atoms with E-state index in [0.717, 1.165) is 18.8 Å². The zero-order chi connectivity index (χ0) is 13.0. The van der Waals surface area contributed by atoms with E-state index >= 15 is 0 Å². The van der Waals surface area contributed by atoms with Crippen LogP contribution in [-0.2, 0) is 28.3 Å². The lowest BCUT2D eigenvalue weighted by Gasteiger charge is -2.11. The Balaban J connectivity index is 2.25. The van der Waals surface area contributed by atoms with Gasteiger partial charge in [0.05, 0.1) is 7.11 Å². The summed E-state index contributed by atoms with van der Waals surface area (Å²) in [6.45, 7) is 4.43. The first-order chi connectivity index (χ1) is 8.74. The van der Waals surface area contributed by atoms with Crippen LogP contribution < -0.4 is 0 Å². The molecule has 0 aliphatic carbocycles. The molecule has 0 aromatic heterocycles. The van der Waals surface area contributed by atoms with Crippen LogP contribution in [0.15, 0.2) is 23.1 Å². The second-order valence-electron chi connectivity index (χ2n) is 5.00. The Hall–Kier alpha value is -0.510. The minimum atomic E-state index is -0.0203. The quantitative estimate of drug-likeness (QED) is 0.777. The maximum Gasteiger partial charge on any atom is 0.194 e. The van der Waals surface area contributed by atoms with Crippen molar-refractivity contribution < 1.29 is 4.18 Å². The second-order valence-corrected chi connectivity index (χ2v) is 6.87. The van der Waals surface area contributed by atoms with Gasteiger partial charge in [0.15, 0.2) is 21.8 Å². The third kappa shape index (κ3) is 3.28. The van der Waals surface area contributed by atoms with E-state index in [0.29, 0.717) is 0 Å². The fourth-order valence-corrected chi connectivity index (χ4v) is 4.09. The van der Waals surface area contributed by atoms with E-state index < -0.39 is 0 Å². The van der Waals surface area contributed by atoms with Gasteiger partial charge in [-0.1, -0.05) is 19.4 Å². The van der Waals surface area contributed by atoms with E-state index in [-0.39, 0.29) is 11.2 Å². The molecule has 0 spiro atoms. The number of rotatable bonds is 4. The molecule has 18 heavy (non-hydrogen) atoms. The first-order valence-corrected chi connectivity index (χ1v) is 8.12. The van der Waals surface area contributed by atoms with Gasteiger partial charge in [0.25, 0.3) is 0 Å². The van der Waals surface area contributed by atoms with E-state index in [1.165, 1.54) is 35.3 Å². The van der Waals surface area contributed by atoms with Gasteiger partial charge in [0.1, 0.15) is 0 Å². The van der Waals surface area contributed by atoms with Crippen LogP contribution in [0.25, 0.3) is 0 Å². The van der Waals surface area contributed by atoms with Gasteiger partial charge < -0.3 is 0 Å². The van der Waals surface area contributed by atoms with Crippen molar-refractivity contribution in [1.82, 2.24) is 4.90 Å². The normalized spacial score (nSPS) is 20.5. The van der Waals surface area contributed by atoms with Gasteiger partial charge in [-0.15, -0.1) is 0 Å². The molecule has 1 aromatic carbocycles. The van der Waals surface area contributed by atoms with Crippen molar-refractivity contribution >= 4 is 11.2 Å². The highest BCUT2D eigenvalue weighted by molar-refractivity contribution is 7.92. The molecule has 2 rings (SSSR count). The predicted molar refractivity (Wildman–Crippen MR) is 78.9 cm³/mol. The lowest BCUT2D eigenvalue weighted by molar-refractivity contribution is 0.347. The summed E-state index contributed by atoms with van der Waals surface area (Å²) in [5.74, 6) is 1.12. The van der Waals surface area contributed by atoms with Gasteiger partial charge in [0, 0.05) is 18.7 Å². The molecule has 0 N–H and O–H groups in total. The number of fused-ring (bicyclic) bond motifs is 1. The van der Waals surface area contributed by atoms with E-state index in [4.69, 9.17) is 4.18 Å². The molecule has 100 valence electrons. The number of nitrogens with zero attached hydrogens (tertiary/aromatic N) is 1. The highest BCUT2D eigenvalue weighted by atomic mass is 32.2. The average molecular weight is 266 g/mol. The van der Waals surface area contributed by atoms with Crippen molar-refractivity contribution in [2.75, 3.05) is 26.5 Å². The summed E-state index contributed by atoms with van der Waals surface area (Å²) < 4.78 is 5.67. The Labute approximate surface area is 114 Å². The SMILES string of the molecule is CCCCc1ccc2c(c1)CN(C)CC[S+]2OC. The maximum atomic E-state index is 5.67. The van der Waals surface area contributed by atoms with Crippen molar-refractivity contribution in [3.63, 3.8) is 0 Å². The fraction of sp³-hybridized carbons (Fsp3) is 0.600. The van der Waals surface area contributed by atoms with Gasteiger partial charge in [-0.05, 0) is 37.6 Å². The van der Waals surface area contributed by atoms with Crippen LogP contribution in [0.3, 0.4) is 0 Å². The fourth-order valence-electron chi connectivity index (χ4n) is 2.41. The van der Waals surface area contributed by atoms with Crippen molar-refractivity contribution in [2.24, 2.45) is 0 Å². The zero-order valence-corrected chi connectivity index (χ0v) is 12.6. The molecule has 0 saturated carbocycles. The third-order valence-corrected chi connectivity index (χ3v) is 5.33. The van der Waals surface area contributed by atoms with Gasteiger partial charge >= 0.3 is 0 Å². The monoisotopic (exact) mass is 266 g/mol. The lowest BCUT2D eigenvalue weighted by Crippen LogP contribution is -2.21. The van der Waals surface area contributed by atoms with Crippen molar-refractivity contribution in [1.29, 1.82) is 0 Å². The molecular formula is C15H24NOS+. The molecule has 0 saturated heterocycles. The molecule has 0 radical (unpaired) electrons. The minimum absolute atomic E-state index is 0.0203. The number of unbranched alkanes of at least 4 members (excludes halogenated alkanes) is 1. The first kappa shape index (κ1) is 13.9. The Kier molecular flexibility index (Phi) is 5.10. The topological polar surface area (TPSA) is 12.5 Å². The summed E-state index contributed by atoms with van der Waals surface area (Å²) in [6.07, 6.45) is 3.75. The number of hydrogen-bond donors (Lipinski definition) is 0. The van der Waals surface area contributed by atoms with Crippen molar-refractivity contribution in [3.8, 4) is 0 Å². The summed E-state index contributed by atoms with van der Waals surface area (Å²) >= 11 is -0.0203. The molecule has 0 amide bonds. The second kappa shape index (κ2) is 6.60. The Morgan fingerprint density at radius 1 is 1.39 bits per heavy atom. The van der Waals surface area contributed by atoms with Crippen LogP contribution in [0.1, 0.15) is 30.9 Å². The van der Waals surface area contributed by atoms with Crippen LogP contribution >= 0.6 is 0 Å². The van der Waals surface area contributed by atoms with E-state index in [9.17, 15) is 0 Å². The molecule has 1 heterocycles. The molecule has 1 aromatic rings. The van der Waals surface area contributed by atoms with Crippen LogP contribution in [0, 0.1) is 0 Å². The lowest BCUT2D eigenvalue weighted by atomic mass is 10.1. The zero-order valence-electron chi connectivity index (χ0n) is 11.7. The summed E-state index contributed by atoms with van der Waals surface area (Å²) in [5.41, 5.74) is 2.94. The summed E-state index contributed by atoms with van der Waals surface area (Å²) in [5, 5.41) is 0. The molecule has 1 unspecified atom stereocenters. The Morgan fingerprint density at radius 3 is 2.94 bits per heavy atom. The van der Waals surface area contributed by atoms with E-state index in [1.54, 1.807) is 0 Å². The van der Waals surface area contributed by atoms with Crippen LogP contribution in [0.5, 0.6) is 0 Å². The Bertz CT molecular complexity index is 394. The third-order valence-electron chi connectivity index (χ3n) is 3.49. The largest absolute Gasteiger partial charge is 0.297 e. The molecule has 0 fully saturated rings. The summed E-state index contributed by atoms with van der Waals surface area (Å²) in [6, 6.07) is 6.98. The average Bonchev–Trinajstić information content (AvgIpc) is 2.53. The minimum Gasteiger partial charge on any atom is -0.297 e. The van der Waals surface area contributed by atoms with Crippen LogP contribution in [-0.4, -0.2) is 31.4 Å². The van der Waals surface area contributed by atoms with Gasteiger partial charge in [-0.3, -0.25) is 4.90 Å². The van der Waals surface area contributed by atoms with Crippen molar-refractivity contribution in [2.45, 2.75) is 37.6 Å². The van der Waals surface area contributed by atoms with Gasteiger partial charge in [0.2, 0.25) is 0 Å². The smallest absolute Gasteiger partial charge is 0.194 e. The van der Waals surface area contributed by atoms with Gasteiger partial charge in [-0.2, -0.15) is 4.18 Å². The predicted octanol–water partition coefficient (Wildman–Crippen LogP) is 3.01. The number of hydrogen-bond acceptors (Lipinski definition) is 2. The summed E-state index contributed by atoms with van der Waals surface area (Å²) in [4.78, 5) is 3.82. The molecular weight excluding hydrogens is 242 g/mol.